The third kappa shape index (κ3) is 2.65. The fraction of sp³-hybridized carbons (Fsp3) is 0.312. The van der Waals surface area contributed by atoms with Crippen molar-refractivity contribution in [1.82, 2.24) is 9.47 Å². The second kappa shape index (κ2) is 5.41. The highest BCUT2D eigenvalue weighted by atomic mass is 16.2. The van der Waals surface area contributed by atoms with Gasteiger partial charge < -0.3 is 9.47 Å². The number of aromatic nitrogens is 1. The molecule has 21 heavy (non-hydrogen) atoms. The zero-order valence-corrected chi connectivity index (χ0v) is 11.6. The lowest BCUT2D eigenvalue weighted by Gasteiger charge is -2.26. The van der Waals surface area contributed by atoms with Crippen LogP contribution in [0.3, 0.4) is 0 Å². The van der Waals surface area contributed by atoms with Crippen molar-refractivity contribution in [3.63, 3.8) is 0 Å². The highest BCUT2D eigenvalue weighted by Gasteiger charge is 2.21. The van der Waals surface area contributed by atoms with E-state index in [9.17, 15) is 9.59 Å². The van der Waals surface area contributed by atoms with Gasteiger partial charge in [-0.1, -0.05) is 6.07 Å². The molecule has 0 bridgehead atoms. The third-order valence-electron chi connectivity index (χ3n) is 3.88. The van der Waals surface area contributed by atoms with E-state index in [1.807, 2.05) is 22.9 Å². The van der Waals surface area contributed by atoms with Gasteiger partial charge in [0.25, 0.3) is 0 Å². The number of piperidine rings is 1. The molecule has 1 aliphatic rings. The van der Waals surface area contributed by atoms with Gasteiger partial charge in [-0.3, -0.25) is 9.59 Å². The summed E-state index contributed by atoms with van der Waals surface area (Å²) in [4.78, 5) is 25.3. The minimum absolute atomic E-state index is 0.0161. The number of nitriles is 1. The average molecular weight is 281 g/mol. The van der Waals surface area contributed by atoms with Gasteiger partial charge in [0.1, 0.15) is 12.3 Å². The standard InChI is InChI=1S/C16H15N3O2/c17-10-12-1-2-13-3-6-19(15(13)9-12)11-16(21)18-7-4-14(20)5-8-18/h1-3,6,9H,4-5,7-8,11H2. The van der Waals surface area contributed by atoms with Gasteiger partial charge in [-0.05, 0) is 23.6 Å². The molecular weight excluding hydrogens is 266 g/mol. The van der Waals surface area contributed by atoms with Crippen molar-refractivity contribution in [1.29, 1.82) is 5.26 Å². The maximum absolute atomic E-state index is 12.3. The molecule has 1 aromatic carbocycles. The molecule has 5 nitrogen and oxygen atoms in total. The summed E-state index contributed by atoms with van der Waals surface area (Å²) in [5.74, 6) is 0.242. The lowest BCUT2D eigenvalue weighted by molar-refractivity contribution is -0.135. The molecule has 106 valence electrons. The number of fused-ring (bicyclic) bond motifs is 1. The molecule has 0 saturated carbocycles. The van der Waals surface area contributed by atoms with Crippen LogP contribution in [0.2, 0.25) is 0 Å². The maximum atomic E-state index is 12.3. The molecule has 1 aromatic heterocycles. The number of ketones is 1. The fourth-order valence-electron chi connectivity index (χ4n) is 2.64. The number of rotatable bonds is 2. The Labute approximate surface area is 122 Å². The number of hydrogen-bond acceptors (Lipinski definition) is 3. The van der Waals surface area contributed by atoms with Gasteiger partial charge in [-0.2, -0.15) is 5.26 Å². The SMILES string of the molecule is N#Cc1ccc2ccn(CC(=O)N3CCC(=O)CC3)c2c1. The minimum Gasteiger partial charge on any atom is -0.340 e. The predicted molar refractivity (Wildman–Crippen MR) is 77.5 cm³/mol. The quantitative estimate of drug-likeness (QED) is 0.841. The number of carbonyl (C=O) groups excluding carboxylic acids is 2. The van der Waals surface area contributed by atoms with Crippen molar-refractivity contribution >= 4 is 22.6 Å². The molecular formula is C16H15N3O2. The second-order valence-electron chi connectivity index (χ2n) is 5.25. The molecule has 2 aromatic rings. The van der Waals surface area contributed by atoms with Gasteiger partial charge in [-0.15, -0.1) is 0 Å². The Kier molecular flexibility index (Phi) is 3.44. The third-order valence-corrected chi connectivity index (χ3v) is 3.88. The van der Waals surface area contributed by atoms with Crippen LogP contribution in [0.25, 0.3) is 10.9 Å². The molecule has 3 rings (SSSR count). The number of amides is 1. The lowest BCUT2D eigenvalue weighted by Crippen LogP contribution is -2.40. The summed E-state index contributed by atoms with van der Waals surface area (Å²) in [6.45, 7) is 1.27. The highest BCUT2D eigenvalue weighted by molar-refractivity contribution is 5.86. The van der Waals surface area contributed by atoms with Gasteiger partial charge in [-0.25, -0.2) is 0 Å². The Morgan fingerprint density at radius 1 is 1.24 bits per heavy atom. The maximum Gasteiger partial charge on any atom is 0.242 e. The summed E-state index contributed by atoms with van der Waals surface area (Å²) in [5.41, 5.74) is 1.47. The fourth-order valence-corrected chi connectivity index (χ4v) is 2.64. The van der Waals surface area contributed by atoms with Crippen LogP contribution in [0.15, 0.2) is 30.5 Å². The first-order chi connectivity index (χ1) is 10.2. The van der Waals surface area contributed by atoms with Gasteiger partial charge in [0.2, 0.25) is 5.91 Å². The van der Waals surface area contributed by atoms with Crippen LogP contribution in [0.1, 0.15) is 18.4 Å². The summed E-state index contributed by atoms with van der Waals surface area (Å²) < 4.78 is 1.86. The van der Waals surface area contributed by atoms with Crippen LogP contribution in [0.4, 0.5) is 0 Å². The van der Waals surface area contributed by atoms with E-state index in [0.717, 1.165) is 10.9 Å². The highest BCUT2D eigenvalue weighted by Crippen LogP contribution is 2.18. The van der Waals surface area contributed by atoms with Crippen molar-refractivity contribution in [2.75, 3.05) is 13.1 Å². The van der Waals surface area contributed by atoms with E-state index in [1.54, 1.807) is 17.0 Å². The largest absolute Gasteiger partial charge is 0.340 e. The van der Waals surface area contributed by atoms with Crippen molar-refractivity contribution in [2.45, 2.75) is 19.4 Å². The zero-order chi connectivity index (χ0) is 14.8. The van der Waals surface area contributed by atoms with Crippen LogP contribution in [0.5, 0.6) is 0 Å². The normalized spacial score (nSPS) is 15.2. The summed E-state index contributed by atoms with van der Waals surface area (Å²) in [5, 5.41) is 9.98. The van der Waals surface area contributed by atoms with Crippen molar-refractivity contribution in [3.8, 4) is 6.07 Å². The van der Waals surface area contributed by atoms with E-state index in [2.05, 4.69) is 6.07 Å². The first kappa shape index (κ1) is 13.4. The average Bonchev–Trinajstić information content (AvgIpc) is 2.90. The smallest absolute Gasteiger partial charge is 0.242 e. The number of likely N-dealkylation sites (tertiary alicyclic amines) is 1. The first-order valence-electron chi connectivity index (χ1n) is 6.96. The molecule has 0 N–H and O–H groups in total. The van der Waals surface area contributed by atoms with Gasteiger partial charge >= 0.3 is 0 Å². The van der Waals surface area contributed by atoms with Crippen LogP contribution < -0.4 is 0 Å². The molecule has 1 saturated heterocycles. The summed E-state index contributed by atoms with van der Waals surface area (Å²) >= 11 is 0. The molecule has 0 aliphatic carbocycles. The van der Waals surface area contributed by atoms with E-state index < -0.39 is 0 Å². The Hall–Kier alpha value is -2.61. The molecule has 0 spiro atoms. The Morgan fingerprint density at radius 3 is 2.71 bits per heavy atom. The molecule has 1 aliphatic heterocycles. The van der Waals surface area contributed by atoms with E-state index in [0.29, 0.717) is 31.5 Å². The van der Waals surface area contributed by atoms with E-state index in [-0.39, 0.29) is 18.2 Å². The first-order valence-corrected chi connectivity index (χ1v) is 6.96. The molecule has 0 radical (unpaired) electrons. The molecule has 0 unspecified atom stereocenters. The van der Waals surface area contributed by atoms with Crippen molar-refractivity contribution in [2.24, 2.45) is 0 Å². The van der Waals surface area contributed by atoms with E-state index >= 15 is 0 Å². The minimum atomic E-state index is 0.0161. The summed E-state index contributed by atoms with van der Waals surface area (Å²) in [6, 6.07) is 9.49. The van der Waals surface area contributed by atoms with Crippen LogP contribution in [-0.2, 0) is 16.1 Å². The molecule has 1 fully saturated rings. The molecule has 1 amide bonds. The topological polar surface area (TPSA) is 66.1 Å². The van der Waals surface area contributed by atoms with E-state index in [1.165, 1.54) is 0 Å². The predicted octanol–water partition coefficient (Wildman–Crippen LogP) is 1.70. The number of benzene rings is 1. The Morgan fingerprint density at radius 2 is 2.00 bits per heavy atom. The number of hydrogen-bond donors (Lipinski definition) is 0. The van der Waals surface area contributed by atoms with E-state index in [4.69, 9.17) is 5.26 Å². The van der Waals surface area contributed by atoms with Crippen LogP contribution >= 0.6 is 0 Å². The van der Waals surface area contributed by atoms with Gasteiger partial charge in [0.05, 0.1) is 11.6 Å². The van der Waals surface area contributed by atoms with Crippen molar-refractivity contribution < 1.29 is 9.59 Å². The molecule has 5 heteroatoms. The van der Waals surface area contributed by atoms with Crippen LogP contribution in [-0.4, -0.2) is 34.2 Å². The number of carbonyl (C=O) groups is 2. The van der Waals surface area contributed by atoms with Gasteiger partial charge in [0.15, 0.2) is 0 Å². The summed E-state index contributed by atoms with van der Waals surface area (Å²) in [7, 11) is 0. The number of nitrogens with zero attached hydrogens (tertiary/aromatic N) is 3. The Balaban J connectivity index is 1.80. The monoisotopic (exact) mass is 281 g/mol. The van der Waals surface area contributed by atoms with Crippen molar-refractivity contribution in [3.05, 3.63) is 36.0 Å². The Bertz CT molecular complexity index is 744. The molecule has 0 atom stereocenters. The van der Waals surface area contributed by atoms with Gasteiger partial charge in [0, 0.05) is 37.6 Å². The summed E-state index contributed by atoms with van der Waals surface area (Å²) in [6.07, 6.45) is 2.77. The lowest BCUT2D eigenvalue weighted by atomic mass is 10.1. The number of Topliss-reactive ketones (excluding diaryl/α,β-unsaturated/α-hetero) is 1. The molecule has 2 heterocycles. The second-order valence-corrected chi connectivity index (χ2v) is 5.25. The van der Waals surface area contributed by atoms with Crippen LogP contribution in [0, 0.1) is 11.3 Å². The zero-order valence-electron chi connectivity index (χ0n) is 11.6.